The van der Waals surface area contributed by atoms with Crippen molar-refractivity contribution in [2.24, 2.45) is 5.73 Å². The minimum absolute atomic E-state index is 0.312. The van der Waals surface area contributed by atoms with E-state index in [9.17, 15) is 8.78 Å². The molecule has 0 unspecified atom stereocenters. The minimum Gasteiger partial charge on any atom is -0.497 e. The first-order valence-corrected chi connectivity index (χ1v) is 4.41. The molecule has 0 aromatic heterocycles. The molecule has 0 spiro atoms. The second-order valence-corrected chi connectivity index (χ2v) is 2.97. The molecule has 2 N–H and O–H groups in total. The van der Waals surface area contributed by atoms with E-state index >= 15 is 0 Å². The molecule has 14 heavy (non-hydrogen) atoms. The molecule has 0 bridgehead atoms. The number of aryl methyl sites for hydroxylation is 1. The Labute approximate surface area is 81.7 Å². The van der Waals surface area contributed by atoms with Gasteiger partial charge in [-0.2, -0.15) is 0 Å². The summed E-state index contributed by atoms with van der Waals surface area (Å²) in [5, 5.41) is 0. The third-order valence-corrected chi connectivity index (χ3v) is 1.96. The molecule has 4 heteroatoms. The molecule has 0 atom stereocenters. The Morgan fingerprint density at radius 1 is 1.36 bits per heavy atom. The molecule has 1 rings (SSSR count). The Hall–Kier alpha value is -1.16. The normalized spacial score (nSPS) is 10.3. The second kappa shape index (κ2) is 4.91. The van der Waals surface area contributed by atoms with E-state index in [2.05, 4.69) is 0 Å². The molecule has 2 nitrogen and oxygen atoms in total. The van der Waals surface area contributed by atoms with Gasteiger partial charge in [0, 0.05) is 6.07 Å². The number of hydrogen-bond donors (Lipinski definition) is 1. The fourth-order valence-corrected chi connectivity index (χ4v) is 1.21. The third kappa shape index (κ3) is 2.42. The van der Waals surface area contributed by atoms with E-state index in [-0.39, 0.29) is 0 Å². The van der Waals surface area contributed by atoms with Gasteiger partial charge in [-0.25, -0.2) is 8.78 Å². The van der Waals surface area contributed by atoms with Crippen molar-refractivity contribution in [3.8, 4) is 5.75 Å². The van der Waals surface area contributed by atoms with Crippen LogP contribution >= 0.6 is 0 Å². The zero-order valence-electron chi connectivity index (χ0n) is 8.02. The Morgan fingerprint density at radius 2 is 2.07 bits per heavy atom. The number of benzene rings is 1. The topological polar surface area (TPSA) is 35.2 Å². The van der Waals surface area contributed by atoms with Crippen molar-refractivity contribution < 1.29 is 13.5 Å². The number of methoxy groups -OCH3 is 1. The standard InChI is InChI=1S/C10H13F2NO/c1-14-8-5-7(3-2-4-13)10(12)9(11)6-8/h5-6H,2-4,13H2,1H3. The van der Waals surface area contributed by atoms with Crippen molar-refractivity contribution in [2.45, 2.75) is 12.8 Å². The summed E-state index contributed by atoms with van der Waals surface area (Å²) >= 11 is 0. The molecule has 1 aromatic carbocycles. The van der Waals surface area contributed by atoms with Crippen LogP contribution in [0.1, 0.15) is 12.0 Å². The van der Waals surface area contributed by atoms with Crippen LogP contribution in [0.2, 0.25) is 0 Å². The lowest BCUT2D eigenvalue weighted by molar-refractivity contribution is 0.404. The number of hydrogen-bond acceptors (Lipinski definition) is 2. The SMILES string of the molecule is COc1cc(F)c(F)c(CCCN)c1. The molecule has 0 fully saturated rings. The van der Waals surface area contributed by atoms with Crippen LogP contribution in [0.25, 0.3) is 0 Å². The highest BCUT2D eigenvalue weighted by Crippen LogP contribution is 2.21. The maximum absolute atomic E-state index is 13.2. The Bertz CT molecular complexity index is 315. The lowest BCUT2D eigenvalue weighted by Gasteiger charge is -2.06. The van der Waals surface area contributed by atoms with Crippen molar-refractivity contribution in [1.29, 1.82) is 0 Å². The first-order chi connectivity index (χ1) is 6.69. The maximum Gasteiger partial charge on any atom is 0.162 e. The average Bonchev–Trinajstić information content (AvgIpc) is 2.20. The highest BCUT2D eigenvalue weighted by molar-refractivity contribution is 5.31. The molecule has 0 aliphatic carbocycles. The molecule has 0 amide bonds. The van der Waals surface area contributed by atoms with E-state index in [1.807, 2.05) is 0 Å². The van der Waals surface area contributed by atoms with Crippen molar-refractivity contribution in [2.75, 3.05) is 13.7 Å². The van der Waals surface area contributed by atoms with Gasteiger partial charge >= 0.3 is 0 Å². The molecule has 0 saturated heterocycles. The predicted octanol–water partition coefficient (Wildman–Crippen LogP) is 1.86. The number of halogens is 2. The van der Waals surface area contributed by atoms with Crippen molar-refractivity contribution in [3.05, 3.63) is 29.3 Å². The lowest BCUT2D eigenvalue weighted by atomic mass is 10.1. The minimum atomic E-state index is -0.878. The molecule has 0 aliphatic rings. The summed E-state index contributed by atoms with van der Waals surface area (Å²) < 4.78 is 31.0. The van der Waals surface area contributed by atoms with Gasteiger partial charge in [-0.3, -0.25) is 0 Å². The Kier molecular flexibility index (Phi) is 3.83. The van der Waals surface area contributed by atoms with Crippen LogP contribution < -0.4 is 10.5 Å². The van der Waals surface area contributed by atoms with Crippen LogP contribution in [-0.4, -0.2) is 13.7 Å². The quantitative estimate of drug-likeness (QED) is 0.807. The summed E-state index contributed by atoms with van der Waals surface area (Å²) in [6.45, 7) is 0.457. The number of nitrogens with two attached hydrogens (primary N) is 1. The van der Waals surface area contributed by atoms with Gasteiger partial charge in [0.15, 0.2) is 11.6 Å². The van der Waals surface area contributed by atoms with E-state index in [0.29, 0.717) is 30.7 Å². The monoisotopic (exact) mass is 201 g/mol. The van der Waals surface area contributed by atoms with Crippen LogP contribution in [0.4, 0.5) is 8.78 Å². The second-order valence-electron chi connectivity index (χ2n) is 2.97. The molecule has 78 valence electrons. The first kappa shape index (κ1) is 10.9. The third-order valence-electron chi connectivity index (χ3n) is 1.96. The summed E-state index contributed by atoms with van der Waals surface area (Å²) in [6, 6.07) is 2.52. The van der Waals surface area contributed by atoms with Gasteiger partial charge in [-0.1, -0.05) is 0 Å². The average molecular weight is 201 g/mol. The molecule has 0 heterocycles. The van der Waals surface area contributed by atoms with Crippen LogP contribution in [0, 0.1) is 11.6 Å². The van der Waals surface area contributed by atoms with Crippen molar-refractivity contribution in [3.63, 3.8) is 0 Å². The van der Waals surface area contributed by atoms with Gasteiger partial charge in [-0.05, 0) is 31.0 Å². The van der Waals surface area contributed by atoms with Gasteiger partial charge in [-0.15, -0.1) is 0 Å². The summed E-state index contributed by atoms with van der Waals surface area (Å²) in [5.74, 6) is -1.36. The highest BCUT2D eigenvalue weighted by atomic mass is 19.2. The Balaban J connectivity index is 2.95. The number of rotatable bonds is 4. The van der Waals surface area contributed by atoms with E-state index in [1.165, 1.54) is 13.2 Å². The van der Waals surface area contributed by atoms with Gasteiger partial charge < -0.3 is 10.5 Å². The summed E-state index contributed by atoms with van der Waals surface area (Å²) in [4.78, 5) is 0. The van der Waals surface area contributed by atoms with Crippen molar-refractivity contribution in [1.82, 2.24) is 0 Å². The summed E-state index contributed by atoms with van der Waals surface area (Å²) in [6.07, 6.45) is 1.06. The van der Waals surface area contributed by atoms with E-state index in [0.717, 1.165) is 6.07 Å². The van der Waals surface area contributed by atoms with Crippen LogP contribution in [0.3, 0.4) is 0 Å². The van der Waals surface area contributed by atoms with E-state index < -0.39 is 11.6 Å². The Morgan fingerprint density at radius 3 is 2.64 bits per heavy atom. The lowest BCUT2D eigenvalue weighted by Crippen LogP contribution is -2.03. The zero-order valence-corrected chi connectivity index (χ0v) is 8.02. The van der Waals surface area contributed by atoms with Gasteiger partial charge in [0.2, 0.25) is 0 Å². The fourth-order valence-electron chi connectivity index (χ4n) is 1.21. The van der Waals surface area contributed by atoms with E-state index in [1.54, 1.807) is 0 Å². The fraction of sp³-hybridized carbons (Fsp3) is 0.400. The zero-order chi connectivity index (χ0) is 10.6. The summed E-state index contributed by atoms with van der Waals surface area (Å²) in [7, 11) is 1.42. The molecule has 1 aromatic rings. The molecule has 0 radical (unpaired) electrons. The maximum atomic E-state index is 13.2. The van der Waals surface area contributed by atoms with Gasteiger partial charge in [0.1, 0.15) is 5.75 Å². The molecule has 0 saturated carbocycles. The van der Waals surface area contributed by atoms with Crippen LogP contribution in [0.15, 0.2) is 12.1 Å². The smallest absolute Gasteiger partial charge is 0.162 e. The van der Waals surface area contributed by atoms with Crippen LogP contribution in [0.5, 0.6) is 5.75 Å². The number of ether oxygens (including phenoxy) is 1. The molecule has 0 aliphatic heterocycles. The van der Waals surface area contributed by atoms with Gasteiger partial charge in [0.05, 0.1) is 7.11 Å². The van der Waals surface area contributed by atoms with E-state index in [4.69, 9.17) is 10.5 Å². The predicted molar refractivity (Wildman–Crippen MR) is 50.3 cm³/mol. The summed E-state index contributed by atoms with van der Waals surface area (Å²) in [5.41, 5.74) is 5.60. The largest absolute Gasteiger partial charge is 0.497 e. The first-order valence-electron chi connectivity index (χ1n) is 4.41. The van der Waals surface area contributed by atoms with Crippen molar-refractivity contribution >= 4 is 0 Å². The van der Waals surface area contributed by atoms with Crippen LogP contribution in [-0.2, 0) is 6.42 Å². The van der Waals surface area contributed by atoms with Gasteiger partial charge in [0.25, 0.3) is 0 Å². The highest BCUT2D eigenvalue weighted by Gasteiger charge is 2.10. The molecular weight excluding hydrogens is 188 g/mol. The molecular formula is C10H13F2NO.